The number of rotatable bonds is 3. The van der Waals surface area contributed by atoms with E-state index >= 15 is 0 Å². The predicted molar refractivity (Wildman–Crippen MR) is 80.5 cm³/mol. The minimum absolute atomic E-state index is 0.256. The maximum Gasteiger partial charge on any atom is 0.125 e. The van der Waals surface area contributed by atoms with E-state index in [-0.39, 0.29) is 6.10 Å². The van der Waals surface area contributed by atoms with Crippen LogP contribution in [0.1, 0.15) is 41.5 Å². The van der Waals surface area contributed by atoms with Gasteiger partial charge in [0.2, 0.25) is 0 Å². The summed E-state index contributed by atoms with van der Waals surface area (Å²) in [5, 5.41) is 0. The van der Waals surface area contributed by atoms with E-state index in [0.29, 0.717) is 19.1 Å². The summed E-state index contributed by atoms with van der Waals surface area (Å²) in [6.45, 7) is 17.4. The Morgan fingerprint density at radius 3 is 2.21 bits per heavy atom. The first kappa shape index (κ1) is 18.8. The first-order valence-electron chi connectivity index (χ1n) is 7.92. The Balaban J connectivity index is 0.000000741. The van der Waals surface area contributed by atoms with Crippen molar-refractivity contribution in [3.8, 4) is 0 Å². The minimum atomic E-state index is -0.613. The Labute approximate surface area is 119 Å². The molecule has 2 heterocycles. The zero-order valence-electron chi connectivity index (χ0n) is 13.7. The average Bonchev–Trinajstić information content (AvgIpc) is 2.47. The molecule has 2 unspecified atom stereocenters. The monoisotopic (exact) mass is 276 g/mol. The summed E-state index contributed by atoms with van der Waals surface area (Å²) in [6, 6.07) is 0.353. The van der Waals surface area contributed by atoms with E-state index in [0.717, 1.165) is 26.2 Å². The van der Waals surface area contributed by atoms with Gasteiger partial charge in [-0.1, -0.05) is 34.6 Å². The standard InChI is InChI=1S/C11H21FN2O.2C2H6/c1-3-13-4-5-15-11(8-13)9(2)14-6-10(12)7-14;2*1-2/h9-11H,3-8H2,1-2H3;2*1-2H3. The van der Waals surface area contributed by atoms with Crippen LogP contribution in [-0.4, -0.2) is 67.4 Å². The highest BCUT2D eigenvalue weighted by Gasteiger charge is 2.35. The lowest BCUT2D eigenvalue weighted by atomic mass is 10.0. The molecule has 0 aliphatic carbocycles. The quantitative estimate of drug-likeness (QED) is 0.788. The molecule has 0 aromatic carbocycles. The third-order valence-electron chi connectivity index (χ3n) is 3.60. The van der Waals surface area contributed by atoms with Crippen molar-refractivity contribution in [2.24, 2.45) is 0 Å². The van der Waals surface area contributed by atoms with Gasteiger partial charge in [-0.25, -0.2) is 4.39 Å². The van der Waals surface area contributed by atoms with Crippen LogP contribution in [-0.2, 0) is 4.74 Å². The van der Waals surface area contributed by atoms with Crippen molar-refractivity contribution < 1.29 is 9.13 Å². The van der Waals surface area contributed by atoms with Gasteiger partial charge in [0, 0.05) is 32.2 Å². The highest BCUT2D eigenvalue weighted by molar-refractivity contribution is 4.89. The number of halogens is 1. The Morgan fingerprint density at radius 1 is 1.16 bits per heavy atom. The first-order chi connectivity index (χ1) is 9.20. The highest BCUT2D eigenvalue weighted by atomic mass is 19.1. The van der Waals surface area contributed by atoms with Crippen LogP contribution < -0.4 is 0 Å². The predicted octanol–water partition coefficient (Wildman–Crippen LogP) is 2.80. The smallest absolute Gasteiger partial charge is 0.125 e. The maximum atomic E-state index is 12.7. The summed E-state index contributed by atoms with van der Waals surface area (Å²) in [6.07, 6.45) is -0.357. The van der Waals surface area contributed by atoms with Gasteiger partial charge in [-0.2, -0.15) is 0 Å². The van der Waals surface area contributed by atoms with E-state index in [1.165, 1.54) is 0 Å². The second-order valence-corrected chi connectivity index (χ2v) is 4.59. The summed E-state index contributed by atoms with van der Waals surface area (Å²) < 4.78 is 18.5. The molecule has 2 saturated heterocycles. The zero-order chi connectivity index (χ0) is 14.8. The second kappa shape index (κ2) is 10.6. The number of likely N-dealkylation sites (tertiary alicyclic amines) is 1. The minimum Gasteiger partial charge on any atom is -0.374 e. The first-order valence-corrected chi connectivity index (χ1v) is 7.92. The second-order valence-electron chi connectivity index (χ2n) is 4.59. The van der Waals surface area contributed by atoms with Crippen molar-refractivity contribution in [2.45, 2.75) is 59.9 Å². The third-order valence-corrected chi connectivity index (χ3v) is 3.60. The SMILES string of the molecule is CC.CC.CCN1CCOC(C(C)N2CC(F)C2)C1. The van der Waals surface area contributed by atoms with Crippen molar-refractivity contribution >= 4 is 0 Å². The molecule has 0 radical (unpaired) electrons. The normalized spacial score (nSPS) is 26.4. The number of morpholine rings is 1. The number of nitrogens with zero attached hydrogens (tertiary/aromatic N) is 2. The molecule has 116 valence electrons. The van der Waals surface area contributed by atoms with Crippen molar-refractivity contribution in [1.29, 1.82) is 0 Å². The molecule has 2 rings (SSSR count). The van der Waals surface area contributed by atoms with Gasteiger partial charge >= 0.3 is 0 Å². The van der Waals surface area contributed by atoms with Gasteiger partial charge in [-0.15, -0.1) is 0 Å². The highest BCUT2D eigenvalue weighted by Crippen LogP contribution is 2.20. The van der Waals surface area contributed by atoms with Crippen LogP contribution in [0.25, 0.3) is 0 Å². The van der Waals surface area contributed by atoms with E-state index in [2.05, 4.69) is 23.6 Å². The molecule has 0 aromatic rings. The molecule has 2 aliphatic heterocycles. The Hall–Kier alpha value is -0.190. The van der Waals surface area contributed by atoms with Gasteiger partial charge in [0.05, 0.1) is 12.7 Å². The number of hydrogen-bond donors (Lipinski definition) is 0. The van der Waals surface area contributed by atoms with E-state index in [1.54, 1.807) is 0 Å². The molecular formula is C15H33FN2O. The lowest BCUT2D eigenvalue weighted by Gasteiger charge is -2.44. The summed E-state index contributed by atoms with van der Waals surface area (Å²) in [5.41, 5.74) is 0. The van der Waals surface area contributed by atoms with Gasteiger partial charge in [-0.3, -0.25) is 9.80 Å². The van der Waals surface area contributed by atoms with Crippen LogP contribution in [0.2, 0.25) is 0 Å². The average molecular weight is 276 g/mol. The fraction of sp³-hybridized carbons (Fsp3) is 1.00. The Bertz CT molecular complexity index is 210. The molecule has 0 amide bonds. The van der Waals surface area contributed by atoms with Crippen molar-refractivity contribution in [3.05, 3.63) is 0 Å². The molecule has 0 N–H and O–H groups in total. The molecule has 3 nitrogen and oxygen atoms in total. The fourth-order valence-electron chi connectivity index (χ4n) is 2.33. The fourth-order valence-corrected chi connectivity index (χ4v) is 2.33. The van der Waals surface area contributed by atoms with Crippen LogP contribution >= 0.6 is 0 Å². The lowest BCUT2D eigenvalue weighted by Crippen LogP contribution is -2.59. The molecule has 19 heavy (non-hydrogen) atoms. The van der Waals surface area contributed by atoms with E-state index in [1.807, 2.05) is 27.7 Å². The molecule has 2 fully saturated rings. The number of ether oxygens (including phenoxy) is 1. The van der Waals surface area contributed by atoms with Crippen LogP contribution in [0.5, 0.6) is 0 Å². The van der Waals surface area contributed by atoms with Gasteiger partial charge in [0.25, 0.3) is 0 Å². The van der Waals surface area contributed by atoms with Crippen LogP contribution in [0.15, 0.2) is 0 Å². The largest absolute Gasteiger partial charge is 0.374 e. The number of likely N-dealkylation sites (N-methyl/N-ethyl adjacent to an activating group) is 1. The van der Waals surface area contributed by atoms with Gasteiger partial charge in [0.1, 0.15) is 6.17 Å². The summed E-state index contributed by atoms with van der Waals surface area (Å²) in [4.78, 5) is 4.58. The van der Waals surface area contributed by atoms with E-state index in [4.69, 9.17) is 4.74 Å². The van der Waals surface area contributed by atoms with Crippen molar-refractivity contribution in [3.63, 3.8) is 0 Å². The zero-order valence-corrected chi connectivity index (χ0v) is 13.7. The van der Waals surface area contributed by atoms with Crippen molar-refractivity contribution in [2.75, 3.05) is 39.3 Å². The summed E-state index contributed by atoms with van der Waals surface area (Å²) in [5.74, 6) is 0. The van der Waals surface area contributed by atoms with Crippen LogP contribution in [0, 0.1) is 0 Å². The van der Waals surface area contributed by atoms with E-state index < -0.39 is 6.17 Å². The van der Waals surface area contributed by atoms with E-state index in [9.17, 15) is 4.39 Å². The molecule has 0 spiro atoms. The molecule has 2 atom stereocenters. The topological polar surface area (TPSA) is 15.7 Å². The third kappa shape index (κ3) is 5.76. The number of alkyl halides is 1. The summed E-state index contributed by atoms with van der Waals surface area (Å²) in [7, 11) is 0. The number of hydrogen-bond acceptors (Lipinski definition) is 3. The maximum absolute atomic E-state index is 12.7. The van der Waals surface area contributed by atoms with Gasteiger partial charge in [-0.05, 0) is 13.5 Å². The molecule has 0 saturated carbocycles. The molecule has 0 aromatic heterocycles. The molecular weight excluding hydrogens is 243 g/mol. The Kier molecular flexibility index (Phi) is 10.5. The van der Waals surface area contributed by atoms with Crippen molar-refractivity contribution in [1.82, 2.24) is 9.80 Å². The molecule has 2 aliphatic rings. The van der Waals surface area contributed by atoms with Gasteiger partial charge < -0.3 is 4.74 Å². The van der Waals surface area contributed by atoms with Crippen LogP contribution in [0.4, 0.5) is 4.39 Å². The lowest BCUT2D eigenvalue weighted by molar-refractivity contribution is -0.0903. The van der Waals surface area contributed by atoms with Gasteiger partial charge in [0.15, 0.2) is 0 Å². The Morgan fingerprint density at radius 2 is 1.74 bits per heavy atom. The summed E-state index contributed by atoms with van der Waals surface area (Å²) >= 11 is 0. The molecule has 4 heteroatoms. The molecule has 0 bridgehead atoms. The van der Waals surface area contributed by atoms with Crippen LogP contribution in [0.3, 0.4) is 0 Å².